The molecule has 1 aromatic rings. The van der Waals surface area contributed by atoms with Gasteiger partial charge in [0.1, 0.15) is 18.1 Å². The summed E-state index contributed by atoms with van der Waals surface area (Å²) >= 11 is 3.61. The van der Waals surface area contributed by atoms with Gasteiger partial charge in [0, 0.05) is 18.7 Å². The first-order valence-electron chi connectivity index (χ1n) is 8.94. The van der Waals surface area contributed by atoms with Gasteiger partial charge in [0.05, 0.1) is 23.8 Å². The lowest BCUT2D eigenvalue weighted by molar-refractivity contribution is -0.117. The third-order valence-corrected chi connectivity index (χ3v) is 4.40. The second-order valence-electron chi connectivity index (χ2n) is 6.99. The zero-order chi connectivity index (χ0) is 19.9. The predicted molar refractivity (Wildman–Crippen MR) is 107 cm³/mol. The normalized spacial score (nSPS) is 13.6. The van der Waals surface area contributed by atoms with Crippen molar-refractivity contribution in [2.45, 2.75) is 65.8 Å². The summed E-state index contributed by atoms with van der Waals surface area (Å²) in [6, 6.07) is 1.88. The Balaban J connectivity index is 3.33. The number of hydrogen-bond acceptors (Lipinski definition) is 5. The van der Waals surface area contributed by atoms with Crippen molar-refractivity contribution >= 4 is 22.2 Å². The Morgan fingerprint density at radius 2 is 1.65 bits per heavy atom. The lowest BCUT2D eigenvalue weighted by Gasteiger charge is -2.24. The summed E-state index contributed by atoms with van der Waals surface area (Å²) in [5.41, 5.74) is 0.930. The van der Waals surface area contributed by atoms with Gasteiger partial charge in [0.25, 0.3) is 0 Å². The van der Waals surface area contributed by atoms with Crippen LogP contribution in [0.3, 0.4) is 0 Å². The molecule has 6 heteroatoms. The maximum absolute atomic E-state index is 11.1. The molecule has 0 amide bonds. The van der Waals surface area contributed by atoms with E-state index in [-0.39, 0.29) is 18.1 Å². The summed E-state index contributed by atoms with van der Waals surface area (Å²) in [4.78, 5) is 11.1. The largest absolute Gasteiger partial charge is 0.492 e. The van der Waals surface area contributed by atoms with E-state index in [9.17, 15) is 4.79 Å². The fourth-order valence-corrected chi connectivity index (χ4v) is 3.33. The summed E-state index contributed by atoms with van der Waals surface area (Å²) < 4.78 is 23.7. The topological polar surface area (TPSA) is 54.0 Å². The average molecular weight is 431 g/mol. The van der Waals surface area contributed by atoms with Crippen LogP contribution >= 0.6 is 15.9 Å². The molecule has 0 aliphatic heterocycles. The number of methoxy groups -OCH3 is 2. The molecule has 0 radical (unpaired) electrons. The van der Waals surface area contributed by atoms with Crippen LogP contribution in [-0.4, -0.2) is 38.8 Å². The van der Waals surface area contributed by atoms with Crippen molar-refractivity contribution < 1.29 is 23.7 Å². The van der Waals surface area contributed by atoms with Gasteiger partial charge in [-0.25, -0.2) is 0 Å². The molecule has 5 nitrogen and oxygen atoms in total. The highest BCUT2D eigenvalue weighted by atomic mass is 79.9. The number of aldehydes is 1. The first-order chi connectivity index (χ1) is 12.2. The minimum absolute atomic E-state index is 0.0172. The van der Waals surface area contributed by atoms with Gasteiger partial charge in [-0.2, -0.15) is 0 Å². The minimum atomic E-state index is -0.413. The van der Waals surface area contributed by atoms with Crippen LogP contribution in [0.25, 0.3) is 0 Å². The summed E-state index contributed by atoms with van der Waals surface area (Å²) in [5, 5.41) is 0. The lowest BCUT2D eigenvalue weighted by Crippen LogP contribution is -2.18. The standard InChI is InChI=1S/C20H31BrO5/c1-12(2)25-18-10-17(21)19(26-13(3)4)16(20(18)24-7)9-14(5)8-15(11-22)23-6/h10-15H,8-9H2,1-7H3/t14-,15-/m0/s1. The lowest BCUT2D eigenvalue weighted by atomic mass is 9.94. The van der Waals surface area contributed by atoms with Crippen LogP contribution in [0, 0.1) is 5.92 Å². The Labute approximate surface area is 165 Å². The molecule has 0 heterocycles. The van der Waals surface area contributed by atoms with Crippen molar-refractivity contribution in [2.75, 3.05) is 14.2 Å². The molecule has 0 aliphatic rings. The SMILES string of the molecule is COc1c(OC(C)C)cc(Br)c(OC(C)C)c1C[C@@H](C)C[C@@H](C=O)OC. The first kappa shape index (κ1) is 22.8. The van der Waals surface area contributed by atoms with Gasteiger partial charge in [-0.3, -0.25) is 0 Å². The van der Waals surface area contributed by atoms with Crippen LogP contribution < -0.4 is 14.2 Å². The zero-order valence-electron chi connectivity index (χ0n) is 16.8. The van der Waals surface area contributed by atoms with E-state index in [0.717, 1.165) is 22.1 Å². The second-order valence-corrected chi connectivity index (χ2v) is 7.84. The quantitative estimate of drug-likeness (QED) is 0.471. The molecule has 0 aromatic heterocycles. The van der Waals surface area contributed by atoms with E-state index >= 15 is 0 Å². The molecule has 0 unspecified atom stereocenters. The summed E-state index contributed by atoms with van der Waals surface area (Å²) in [6.45, 7) is 10.00. The van der Waals surface area contributed by atoms with Gasteiger partial charge in [0.2, 0.25) is 0 Å². The number of rotatable bonds is 11. The number of halogens is 1. The first-order valence-corrected chi connectivity index (χ1v) is 9.73. The van der Waals surface area contributed by atoms with E-state index in [1.807, 2.05) is 33.8 Å². The van der Waals surface area contributed by atoms with Crippen molar-refractivity contribution in [1.82, 2.24) is 0 Å². The molecule has 0 saturated heterocycles. The summed E-state index contributed by atoms with van der Waals surface area (Å²) in [6.07, 6.45) is 1.76. The summed E-state index contributed by atoms with van der Waals surface area (Å²) in [7, 11) is 3.18. The van der Waals surface area contributed by atoms with Gasteiger partial charge in [-0.05, 0) is 62.4 Å². The van der Waals surface area contributed by atoms with E-state index < -0.39 is 6.10 Å². The molecule has 0 fully saturated rings. The molecule has 1 rings (SSSR count). The maximum atomic E-state index is 11.1. The molecule has 0 saturated carbocycles. The molecule has 0 spiro atoms. The van der Waals surface area contributed by atoms with E-state index in [4.69, 9.17) is 18.9 Å². The minimum Gasteiger partial charge on any atom is -0.492 e. The van der Waals surface area contributed by atoms with Crippen molar-refractivity contribution in [3.63, 3.8) is 0 Å². The Morgan fingerprint density at radius 1 is 1.04 bits per heavy atom. The van der Waals surface area contributed by atoms with Crippen LogP contribution in [0.5, 0.6) is 17.2 Å². The fourth-order valence-electron chi connectivity index (χ4n) is 2.79. The molecule has 148 valence electrons. The Morgan fingerprint density at radius 3 is 2.12 bits per heavy atom. The van der Waals surface area contributed by atoms with Crippen LogP contribution in [-0.2, 0) is 16.0 Å². The van der Waals surface area contributed by atoms with Crippen molar-refractivity contribution in [1.29, 1.82) is 0 Å². The van der Waals surface area contributed by atoms with E-state index in [2.05, 4.69) is 22.9 Å². The number of carbonyl (C=O) groups is 1. The molecule has 1 aromatic carbocycles. The maximum Gasteiger partial charge on any atom is 0.167 e. The highest BCUT2D eigenvalue weighted by molar-refractivity contribution is 9.10. The van der Waals surface area contributed by atoms with Gasteiger partial charge in [0.15, 0.2) is 11.5 Å². The summed E-state index contributed by atoms with van der Waals surface area (Å²) in [5.74, 6) is 2.28. The van der Waals surface area contributed by atoms with Gasteiger partial charge >= 0.3 is 0 Å². The molecular weight excluding hydrogens is 400 g/mol. The molecule has 0 bridgehead atoms. The molecule has 0 aliphatic carbocycles. The highest BCUT2D eigenvalue weighted by Gasteiger charge is 2.24. The number of benzene rings is 1. The number of hydrogen-bond donors (Lipinski definition) is 0. The van der Waals surface area contributed by atoms with Crippen molar-refractivity contribution in [3.05, 3.63) is 16.1 Å². The molecule has 2 atom stereocenters. The van der Waals surface area contributed by atoms with Crippen LogP contribution in [0.15, 0.2) is 10.5 Å². The zero-order valence-corrected chi connectivity index (χ0v) is 18.4. The second kappa shape index (κ2) is 10.8. The van der Waals surface area contributed by atoms with Crippen LogP contribution in [0.4, 0.5) is 0 Å². The van der Waals surface area contributed by atoms with Crippen molar-refractivity contribution in [3.8, 4) is 17.2 Å². The molecular formula is C20H31BrO5. The monoisotopic (exact) mass is 430 g/mol. The number of ether oxygens (including phenoxy) is 4. The molecule has 26 heavy (non-hydrogen) atoms. The van der Waals surface area contributed by atoms with E-state index in [0.29, 0.717) is 24.3 Å². The fraction of sp³-hybridized carbons (Fsp3) is 0.650. The third-order valence-electron chi connectivity index (χ3n) is 3.81. The Kier molecular flexibility index (Phi) is 9.44. The van der Waals surface area contributed by atoms with Crippen LogP contribution in [0.1, 0.15) is 46.6 Å². The van der Waals surface area contributed by atoms with E-state index in [1.165, 1.54) is 0 Å². The number of carbonyl (C=O) groups excluding carboxylic acids is 1. The smallest absolute Gasteiger partial charge is 0.167 e. The highest BCUT2D eigenvalue weighted by Crippen LogP contribution is 2.45. The van der Waals surface area contributed by atoms with Gasteiger partial charge in [-0.15, -0.1) is 0 Å². The predicted octanol–water partition coefficient (Wildman–Crippen LogP) is 4.81. The van der Waals surface area contributed by atoms with Gasteiger partial charge in [-0.1, -0.05) is 6.92 Å². The van der Waals surface area contributed by atoms with Crippen LogP contribution in [0.2, 0.25) is 0 Å². The third kappa shape index (κ3) is 6.47. The molecule has 0 N–H and O–H groups in total. The average Bonchev–Trinajstić information content (AvgIpc) is 2.55. The van der Waals surface area contributed by atoms with Crippen molar-refractivity contribution in [2.24, 2.45) is 5.92 Å². The van der Waals surface area contributed by atoms with E-state index in [1.54, 1.807) is 14.2 Å². The Bertz CT molecular complexity index is 586. The van der Waals surface area contributed by atoms with Gasteiger partial charge < -0.3 is 23.7 Å². The Hall–Kier alpha value is -1.27.